The molecule has 1 aromatic carbocycles. The number of para-hydroxylation sites is 1. The zero-order chi connectivity index (χ0) is 17.9. The highest BCUT2D eigenvalue weighted by atomic mass is 16.1. The molecule has 6 heteroatoms. The molecule has 0 aliphatic rings. The number of carbonyl (C=O) groups excluding carboxylic acids is 1. The maximum absolute atomic E-state index is 12.3. The average molecular weight is 345 g/mol. The molecule has 0 fully saturated rings. The maximum atomic E-state index is 12.3. The van der Waals surface area contributed by atoms with Crippen molar-refractivity contribution >= 4 is 16.8 Å². The van der Waals surface area contributed by atoms with Crippen LogP contribution < -0.4 is 5.32 Å². The minimum atomic E-state index is -0.0303. The number of carbonyl (C=O) groups is 1. The Kier molecular flexibility index (Phi) is 4.23. The van der Waals surface area contributed by atoms with Gasteiger partial charge in [-0.25, -0.2) is 0 Å². The third-order valence-electron chi connectivity index (χ3n) is 4.40. The van der Waals surface area contributed by atoms with E-state index in [1.807, 2.05) is 60.3 Å². The first-order valence-electron chi connectivity index (χ1n) is 8.43. The monoisotopic (exact) mass is 345 g/mol. The summed E-state index contributed by atoms with van der Waals surface area (Å²) < 4.78 is 3.76. The fourth-order valence-corrected chi connectivity index (χ4v) is 3.07. The Balaban J connectivity index is 1.42. The fraction of sp³-hybridized carbons (Fsp3) is 0.150. The summed E-state index contributed by atoms with van der Waals surface area (Å²) in [6, 6.07) is 14.0. The van der Waals surface area contributed by atoms with E-state index in [1.54, 1.807) is 23.3 Å². The molecule has 0 bridgehead atoms. The van der Waals surface area contributed by atoms with Gasteiger partial charge in [0.2, 0.25) is 5.91 Å². The van der Waals surface area contributed by atoms with Crippen molar-refractivity contribution in [3.8, 4) is 11.3 Å². The lowest BCUT2D eigenvalue weighted by molar-refractivity contribution is -0.121. The van der Waals surface area contributed by atoms with Crippen molar-refractivity contribution in [1.29, 1.82) is 0 Å². The molecule has 0 aliphatic heterocycles. The van der Waals surface area contributed by atoms with Crippen LogP contribution in [0.1, 0.15) is 5.56 Å². The van der Waals surface area contributed by atoms with Gasteiger partial charge in [0.1, 0.15) is 6.54 Å². The van der Waals surface area contributed by atoms with E-state index in [1.165, 1.54) is 0 Å². The molecule has 4 rings (SSSR count). The smallest absolute Gasteiger partial charge is 0.240 e. The van der Waals surface area contributed by atoms with E-state index in [0.717, 1.165) is 27.7 Å². The van der Waals surface area contributed by atoms with Crippen LogP contribution in [0.4, 0.5) is 0 Å². The van der Waals surface area contributed by atoms with Gasteiger partial charge in [-0.3, -0.25) is 14.5 Å². The summed E-state index contributed by atoms with van der Waals surface area (Å²) in [5.74, 6) is -0.0303. The average Bonchev–Trinajstić information content (AvgIpc) is 3.27. The number of rotatable bonds is 5. The summed E-state index contributed by atoms with van der Waals surface area (Å²) in [6.07, 6.45) is 7.26. The quantitative estimate of drug-likeness (QED) is 0.605. The first kappa shape index (κ1) is 16.1. The lowest BCUT2D eigenvalue weighted by Gasteiger charge is -2.09. The van der Waals surface area contributed by atoms with Crippen molar-refractivity contribution in [2.75, 3.05) is 0 Å². The van der Waals surface area contributed by atoms with E-state index in [0.29, 0.717) is 13.1 Å². The number of fused-ring (bicyclic) bond motifs is 1. The predicted octanol–water partition coefficient (Wildman–Crippen LogP) is 2.75. The van der Waals surface area contributed by atoms with Gasteiger partial charge in [-0.1, -0.05) is 18.2 Å². The van der Waals surface area contributed by atoms with Gasteiger partial charge in [0.05, 0.1) is 5.69 Å². The molecule has 26 heavy (non-hydrogen) atoms. The molecule has 0 saturated carbocycles. The number of hydrogen-bond acceptors (Lipinski definition) is 3. The fourth-order valence-electron chi connectivity index (χ4n) is 3.07. The number of pyridine rings is 1. The van der Waals surface area contributed by atoms with Crippen molar-refractivity contribution in [2.24, 2.45) is 7.05 Å². The molecular weight excluding hydrogens is 326 g/mol. The highest BCUT2D eigenvalue weighted by Crippen LogP contribution is 2.18. The Labute approximate surface area is 151 Å². The van der Waals surface area contributed by atoms with Crippen LogP contribution in [0, 0.1) is 0 Å². The molecule has 4 aromatic rings. The molecule has 0 aliphatic carbocycles. The van der Waals surface area contributed by atoms with Crippen molar-refractivity contribution in [1.82, 2.24) is 24.6 Å². The van der Waals surface area contributed by atoms with Crippen LogP contribution in [0.5, 0.6) is 0 Å². The van der Waals surface area contributed by atoms with E-state index < -0.39 is 0 Å². The molecule has 6 nitrogen and oxygen atoms in total. The topological polar surface area (TPSA) is 64.7 Å². The molecule has 0 saturated heterocycles. The van der Waals surface area contributed by atoms with Gasteiger partial charge in [-0.05, 0) is 35.2 Å². The zero-order valence-electron chi connectivity index (χ0n) is 14.5. The van der Waals surface area contributed by atoms with E-state index in [4.69, 9.17) is 0 Å². The van der Waals surface area contributed by atoms with E-state index >= 15 is 0 Å². The standard InChI is InChI=1S/C20H19N5O/c1-24-18(6-8-23-24)17-10-15(11-21-13-17)12-22-20(26)14-25-9-7-16-4-2-3-5-19(16)25/h2-11,13H,12,14H2,1H3,(H,22,26). The number of amides is 1. The van der Waals surface area contributed by atoms with Gasteiger partial charge in [0.15, 0.2) is 0 Å². The Morgan fingerprint density at radius 1 is 1.15 bits per heavy atom. The second kappa shape index (κ2) is 6.84. The van der Waals surface area contributed by atoms with Crippen molar-refractivity contribution in [3.05, 3.63) is 72.8 Å². The number of aryl methyl sites for hydroxylation is 1. The van der Waals surface area contributed by atoms with Crippen molar-refractivity contribution in [3.63, 3.8) is 0 Å². The Morgan fingerprint density at radius 2 is 2.04 bits per heavy atom. The lowest BCUT2D eigenvalue weighted by Crippen LogP contribution is -2.26. The highest BCUT2D eigenvalue weighted by Gasteiger charge is 2.08. The predicted molar refractivity (Wildman–Crippen MR) is 100 cm³/mol. The Morgan fingerprint density at radius 3 is 2.88 bits per heavy atom. The van der Waals surface area contributed by atoms with Crippen LogP contribution in [0.25, 0.3) is 22.2 Å². The normalized spacial score (nSPS) is 11.0. The molecule has 0 unspecified atom stereocenters. The van der Waals surface area contributed by atoms with Crippen LogP contribution in [0.3, 0.4) is 0 Å². The number of aromatic nitrogens is 4. The molecule has 130 valence electrons. The van der Waals surface area contributed by atoms with Gasteiger partial charge in [-0.2, -0.15) is 5.10 Å². The second-order valence-electron chi connectivity index (χ2n) is 6.20. The van der Waals surface area contributed by atoms with Gasteiger partial charge in [0, 0.05) is 49.5 Å². The zero-order valence-corrected chi connectivity index (χ0v) is 14.5. The molecular formula is C20H19N5O. The highest BCUT2D eigenvalue weighted by molar-refractivity contribution is 5.83. The number of nitrogens with zero attached hydrogens (tertiary/aromatic N) is 4. The van der Waals surface area contributed by atoms with Gasteiger partial charge in [-0.15, -0.1) is 0 Å². The summed E-state index contributed by atoms with van der Waals surface area (Å²) in [5.41, 5.74) is 3.98. The maximum Gasteiger partial charge on any atom is 0.240 e. The van der Waals surface area contributed by atoms with Crippen LogP contribution in [0.2, 0.25) is 0 Å². The van der Waals surface area contributed by atoms with E-state index in [9.17, 15) is 4.79 Å². The van der Waals surface area contributed by atoms with Crippen molar-refractivity contribution in [2.45, 2.75) is 13.1 Å². The molecule has 1 N–H and O–H groups in total. The van der Waals surface area contributed by atoms with E-state index in [-0.39, 0.29) is 5.91 Å². The summed E-state index contributed by atoms with van der Waals surface area (Å²) in [6.45, 7) is 0.735. The number of hydrogen-bond donors (Lipinski definition) is 1. The minimum absolute atomic E-state index is 0.0303. The molecule has 0 spiro atoms. The summed E-state index contributed by atoms with van der Waals surface area (Å²) in [5, 5.41) is 8.28. The minimum Gasteiger partial charge on any atom is -0.350 e. The molecule has 3 heterocycles. The van der Waals surface area contributed by atoms with Gasteiger partial charge < -0.3 is 9.88 Å². The molecule has 3 aromatic heterocycles. The van der Waals surface area contributed by atoms with Crippen LogP contribution in [-0.4, -0.2) is 25.2 Å². The molecule has 0 radical (unpaired) electrons. The van der Waals surface area contributed by atoms with Gasteiger partial charge in [0.25, 0.3) is 0 Å². The Hall–Kier alpha value is -3.41. The summed E-state index contributed by atoms with van der Waals surface area (Å²) >= 11 is 0. The lowest BCUT2D eigenvalue weighted by atomic mass is 10.1. The number of nitrogens with one attached hydrogen (secondary N) is 1. The first-order chi connectivity index (χ1) is 12.7. The third-order valence-corrected chi connectivity index (χ3v) is 4.40. The largest absolute Gasteiger partial charge is 0.350 e. The van der Waals surface area contributed by atoms with Crippen LogP contribution >= 0.6 is 0 Å². The Bertz CT molecular complexity index is 1060. The second-order valence-corrected chi connectivity index (χ2v) is 6.20. The first-order valence-corrected chi connectivity index (χ1v) is 8.43. The SMILES string of the molecule is Cn1nccc1-c1cncc(CNC(=O)Cn2ccc3ccccc32)c1. The third kappa shape index (κ3) is 3.21. The van der Waals surface area contributed by atoms with Crippen LogP contribution in [0.15, 0.2) is 67.3 Å². The summed E-state index contributed by atoms with van der Waals surface area (Å²) in [7, 11) is 1.89. The molecule has 0 atom stereocenters. The number of benzene rings is 1. The van der Waals surface area contributed by atoms with E-state index in [2.05, 4.69) is 15.4 Å². The van der Waals surface area contributed by atoms with Gasteiger partial charge >= 0.3 is 0 Å². The molecule has 1 amide bonds. The summed E-state index contributed by atoms with van der Waals surface area (Å²) in [4.78, 5) is 16.6. The van der Waals surface area contributed by atoms with Crippen molar-refractivity contribution < 1.29 is 4.79 Å². The van der Waals surface area contributed by atoms with Crippen LogP contribution in [-0.2, 0) is 24.9 Å².